The number of hydrogen-bond donors (Lipinski definition) is 3. The molecule has 4 aromatic rings. The molecule has 0 saturated heterocycles. The van der Waals surface area contributed by atoms with Gasteiger partial charge in [-0.1, -0.05) is 54.1 Å². The van der Waals surface area contributed by atoms with Gasteiger partial charge in [-0.05, 0) is 48.1 Å². The van der Waals surface area contributed by atoms with E-state index in [0.29, 0.717) is 6.42 Å². The zero-order valence-electron chi connectivity index (χ0n) is 22.3. The molecule has 4 rings (SSSR count). The molecule has 0 spiro atoms. The summed E-state index contributed by atoms with van der Waals surface area (Å²) in [6.45, 7) is 10.1. The summed E-state index contributed by atoms with van der Waals surface area (Å²) < 4.78 is 37.9. The van der Waals surface area contributed by atoms with Gasteiger partial charge in [-0.3, -0.25) is 4.98 Å². The van der Waals surface area contributed by atoms with Gasteiger partial charge in [-0.15, -0.1) is 13.2 Å². The molecule has 0 aliphatic heterocycles. The average Bonchev–Trinajstić information content (AvgIpc) is 2.93. The topological polar surface area (TPSA) is 78.3 Å². The molecule has 0 saturated carbocycles. The Labute approximate surface area is 222 Å². The number of hydrogen-bond acceptors (Lipinski definition) is 5. The van der Waals surface area contributed by atoms with E-state index in [2.05, 4.69) is 66.6 Å². The number of aromatic nitrogens is 2. The molecule has 1 unspecified atom stereocenters. The van der Waals surface area contributed by atoms with Gasteiger partial charge in [0.15, 0.2) is 0 Å². The number of fused-ring (bicyclic) bond motifs is 1. The lowest BCUT2D eigenvalue weighted by molar-refractivity contribution is -0.127. The standard InChI is InChI=1S/C26H24F3N3.C2H4.2CH4O/c1-17-3-9-21(10-4-17)18(2)32-25-24-22(12-14-31-25)11-13-30-23(24)15-19-5-7-20(8-6-19)16-26(27,28)29;3*1-2/h3-14,18H,15-16H2,1-2H3,(H,31,32);1-2H2;2*2H,1H3. The molecule has 0 radical (unpaired) electrons. The predicted octanol–water partition coefficient (Wildman–Crippen LogP) is 6.83. The van der Waals surface area contributed by atoms with Crippen LogP contribution in [0.1, 0.15) is 40.9 Å². The normalized spacial score (nSPS) is 11.1. The first-order valence-electron chi connectivity index (χ1n) is 11.9. The van der Waals surface area contributed by atoms with E-state index in [1.165, 1.54) is 17.7 Å². The highest BCUT2D eigenvalue weighted by molar-refractivity contribution is 5.93. The first-order chi connectivity index (χ1) is 18.3. The smallest absolute Gasteiger partial charge is 0.393 e. The summed E-state index contributed by atoms with van der Waals surface area (Å²) in [4.78, 5) is 9.15. The number of benzene rings is 2. The number of aliphatic hydroxyl groups excluding tert-OH is 2. The minimum atomic E-state index is -4.21. The number of alkyl halides is 3. The van der Waals surface area contributed by atoms with Crippen LogP contribution in [0.3, 0.4) is 0 Å². The van der Waals surface area contributed by atoms with Crippen molar-refractivity contribution in [2.75, 3.05) is 19.5 Å². The Morgan fingerprint density at radius 2 is 1.34 bits per heavy atom. The zero-order chi connectivity index (χ0) is 28.7. The molecular weight excluding hydrogens is 491 g/mol. The quantitative estimate of drug-likeness (QED) is 0.240. The summed E-state index contributed by atoms with van der Waals surface area (Å²) >= 11 is 0. The highest BCUT2D eigenvalue weighted by Gasteiger charge is 2.27. The lowest BCUT2D eigenvalue weighted by Crippen LogP contribution is -2.11. The van der Waals surface area contributed by atoms with Crippen molar-refractivity contribution in [2.45, 2.75) is 38.9 Å². The number of rotatable bonds is 6. The number of anilines is 1. The molecule has 8 heteroatoms. The molecule has 204 valence electrons. The van der Waals surface area contributed by atoms with Gasteiger partial charge >= 0.3 is 6.18 Å². The highest BCUT2D eigenvalue weighted by Crippen LogP contribution is 2.29. The summed E-state index contributed by atoms with van der Waals surface area (Å²) in [5.74, 6) is 0.743. The van der Waals surface area contributed by atoms with Gasteiger partial charge < -0.3 is 15.5 Å². The molecule has 0 aliphatic carbocycles. The minimum absolute atomic E-state index is 0.0448. The second-order valence-electron chi connectivity index (χ2n) is 8.08. The van der Waals surface area contributed by atoms with Crippen LogP contribution in [-0.2, 0) is 12.8 Å². The summed E-state index contributed by atoms with van der Waals surface area (Å²) in [5, 5.41) is 19.4. The molecule has 0 aliphatic rings. The minimum Gasteiger partial charge on any atom is -0.400 e. The monoisotopic (exact) mass is 527 g/mol. The Kier molecular flexibility index (Phi) is 13.7. The zero-order valence-corrected chi connectivity index (χ0v) is 22.3. The van der Waals surface area contributed by atoms with E-state index in [1.807, 2.05) is 12.1 Å². The van der Waals surface area contributed by atoms with Crippen LogP contribution in [0, 0.1) is 6.92 Å². The molecule has 5 nitrogen and oxygen atoms in total. The molecule has 1 atom stereocenters. The second-order valence-corrected chi connectivity index (χ2v) is 8.08. The van der Waals surface area contributed by atoms with E-state index in [4.69, 9.17) is 10.2 Å². The maximum Gasteiger partial charge on any atom is 0.393 e. The van der Waals surface area contributed by atoms with Gasteiger partial charge in [0.05, 0.1) is 12.1 Å². The Hall–Kier alpha value is -3.75. The fourth-order valence-corrected chi connectivity index (χ4v) is 3.78. The molecule has 38 heavy (non-hydrogen) atoms. The lowest BCUT2D eigenvalue weighted by Gasteiger charge is -2.18. The van der Waals surface area contributed by atoms with Crippen molar-refractivity contribution in [2.24, 2.45) is 0 Å². The largest absolute Gasteiger partial charge is 0.400 e. The predicted molar refractivity (Wildman–Crippen MR) is 149 cm³/mol. The van der Waals surface area contributed by atoms with Crippen LogP contribution in [0.15, 0.2) is 86.2 Å². The molecule has 2 heterocycles. The van der Waals surface area contributed by atoms with Gasteiger partial charge in [0, 0.05) is 44.5 Å². The van der Waals surface area contributed by atoms with Crippen LogP contribution in [0.25, 0.3) is 10.8 Å². The molecule has 2 aromatic carbocycles. The van der Waals surface area contributed by atoms with Gasteiger partial charge in [-0.2, -0.15) is 13.2 Å². The molecule has 0 fully saturated rings. The SMILES string of the molecule is C=C.CO.CO.Cc1ccc(C(C)Nc2nccc3ccnc(Cc4ccc(CC(F)(F)F)cc4)c23)cc1. The molecule has 0 amide bonds. The number of aryl methyl sites for hydroxylation is 1. The Morgan fingerprint density at radius 3 is 1.89 bits per heavy atom. The third-order valence-corrected chi connectivity index (χ3v) is 5.49. The third-order valence-electron chi connectivity index (χ3n) is 5.49. The number of halogens is 3. The lowest BCUT2D eigenvalue weighted by atomic mass is 10.0. The summed E-state index contributed by atoms with van der Waals surface area (Å²) in [6.07, 6.45) is -1.11. The van der Waals surface area contributed by atoms with Crippen LogP contribution in [0.4, 0.5) is 19.0 Å². The van der Waals surface area contributed by atoms with E-state index in [9.17, 15) is 13.2 Å². The van der Waals surface area contributed by atoms with E-state index in [-0.39, 0.29) is 11.6 Å². The van der Waals surface area contributed by atoms with E-state index >= 15 is 0 Å². The highest BCUT2D eigenvalue weighted by atomic mass is 19.4. The second kappa shape index (κ2) is 16.2. The van der Waals surface area contributed by atoms with E-state index in [1.54, 1.807) is 24.5 Å². The van der Waals surface area contributed by atoms with Gasteiger partial charge in [-0.25, -0.2) is 4.98 Å². The first kappa shape index (κ1) is 32.3. The van der Waals surface area contributed by atoms with Crippen molar-refractivity contribution in [1.29, 1.82) is 0 Å². The summed E-state index contributed by atoms with van der Waals surface area (Å²) in [5.41, 5.74) is 4.34. The van der Waals surface area contributed by atoms with Crippen molar-refractivity contribution >= 4 is 16.6 Å². The van der Waals surface area contributed by atoms with Gasteiger partial charge in [0.2, 0.25) is 0 Å². The third kappa shape index (κ3) is 9.61. The van der Waals surface area contributed by atoms with Crippen LogP contribution in [-0.4, -0.2) is 40.6 Å². The maximum atomic E-state index is 12.6. The number of nitrogens with one attached hydrogen (secondary N) is 1. The molecular formula is C30H36F3N3O2. The fraction of sp³-hybridized carbons (Fsp3) is 0.267. The van der Waals surface area contributed by atoms with Crippen molar-refractivity contribution in [3.8, 4) is 0 Å². The van der Waals surface area contributed by atoms with Crippen molar-refractivity contribution < 1.29 is 23.4 Å². The number of nitrogens with zero attached hydrogens (tertiary/aromatic N) is 2. The molecule has 2 aromatic heterocycles. The van der Waals surface area contributed by atoms with Crippen molar-refractivity contribution in [1.82, 2.24) is 9.97 Å². The van der Waals surface area contributed by atoms with E-state index < -0.39 is 12.6 Å². The van der Waals surface area contributed by atoms with Crippen LogP contribution in [0.5, 0.6) is 0 Å². The van der Waals surface area contributed by atoms with Gasteiger partial charge in [0.1, 0.15) is 5.82 Å². The van der Waals surface area contributed by atoms with Crippen LogP contribution < -0.4 is 5.32 Å². The fourth-order valence-electron chi connectivity index (χ4n) is 3.78. The number of aliphatic hydroxyl groups is 2. The summed E-state index contributed by atoms with van der Waals surface area (Å²) in [7, 11) is 2.00. The number of pyridine rings is 2. The Bertz CT molecular complexity index is 1220. The Balaban J connectivity index is 0.00000112. The van der Waals surface area contributed by atoms with Crippen LogP contribution >= 0.6 is 0 Å². The van der Waals surface area contributed by atoms with Crippen molar-refractivity contribution in [3.05, 3.63) is 114 Å². The summed E-state index contributed by atoms with van der Waals surface area (Å²) in [6, 6.07) is 18.8. The maximum absolute atomic E-state index is 12.6. The van der Waals surface area contributed by atoms with Crippen LogP contribution in [0.2, 0.25) is 0 Å². The average molecular weight is 528 g/mol. The van der Waals surface area contributed by atoms with Crippen molar-refractivity contribution in [3.63, 3.8) is 0 Å². The van der Waals surface area contributed by atoms with E-state index in [0.717, 1.165) is 47.6 Å². The molecule has 3 N–H and O–H groups in total. The first-order valence-corrected chi connectivity index (χ1v) is 11.9. The Morgan fingerprint density at radius 1 is 0.816 bits per heavy atom. The van der Waals surface area contributed by atoms with Gasteiger partial charge in [0.25, 0.3) is 0 Å². The molecule has 0 bridgehead atoms.